The Morgan fingerprint density at radius 3 is 2.52 bits per heavy atom. The van der Waals surface area contributed by atoms with Crippen LogP contribution in [0.5, 0.6) is 11.5 Å². The number of methoxy groups -OCH3 is 1. The molecule has 0 aromatic heterocycles. The lowest BCUT2D eigenvalue weighted by atomic mass is 10.2. The van der Waals surface area contributed by atoms with Crippen molar-refractivity contribution >= 4 is 11.8 Å². The van der Waals surface area contributed by atoms with E-state index in [-0.39, 0.29) is 5.91 Å². The molecule has 2 N–H and O–H groups in total. The van der Waals surface area contributed by atoms with Gasteiger partial charge in [-0.25, -0.2) is 0 Å². The molecule has 1 rings (SSSR count). The van der Waals surface area contributed by atoms with E-state index in [9.17, 15) is 9.59 Å². The lowest BCUT2D eigenvalue weighted by molar-refractivity contribution is -0.121. The molecule has 0 aliphatic carbocycles. The summed E-state index contributed by atoms with van der Waals surface area (Å²) in [5.74, 6) is 0.439. The van der Waals surface area contributed by atoms with Crippen LogP contribution in [0.25, 0.3) is 0 Å². The summed E-state index contributed by atoms with van der Waals surface area (Å²) in [7, 11) is 1.51. The number of carbonyl (C=O) groups is 2. The van der Waals surface area contributed by atoms with Gasteiger partial charge in [-0.1, -0.05) is 13.3 Å². The molecule has 0 saturated carbocycles. The first-order valence-electron chi connectivity index (χ1n) is 7.02. The molecule has 0 heterocycles. The van der Waals surface area contributed by atoms with E-state index in [2.05, 4.69) is 10.9 Å². The molecule has 6 nitrogen and oxygen atoms in total. The van der Waals surface area contributed by atoms with Crippen LogP contribution in [0.15, 0.2) is 18.2 Å². The minimum Gasteiger partial charge on any atom is -0.493 e. The van der Waals surface area contributed by atoms with Crippen LogP contribution in [-0.2, 0) is 4.79 Å². The molecule has 0 radical (unpaired) electrons. The fraction of sp³-hybridized carbons (Fsp3) is 0.467. The van der Waals surface area contributed by atoms with Crippen molar-refractivity contribution in [3.05, 3.63) is 23.8 Å². The summed E-state index contributed by atoms with van der Waals surface area (Å²) in [6.45, 7) is 4.37. The molecule has 1 aromatic rings. The van der Waals surface area contributed by atoms with Crippen molar-refractivity contribution in [2.45, 2.75) is 33.1 Å². The highest BCUT2D eigenvalue weighted by molar-refractivity contribution is 5.96. The first-order valence-corrected chi connectivity index (χ1v) is 7.02. The van der Waals surface area contributed by atoms with Crippen LogP contribution in [0.2, 0.25) is 0 Å². The van der Waals surface area contributed by atoms with Crippen molar-refractivity contribution in [2.24, 2.45) is 0 Å². The van der Waals surface area contributed by atoms with Gasteiger partial charge in [0.1, 0.15) is 0 Å². The zero-order valence-electron chi connectivity index (χ0n) is 12.7. The van der Waals surface area contributed by atoms with E-state index in [1.165, 1.54) is 7.11 Å². The van der Waals surface area contributed by atoms with Crippen molar-refractivity contribution in [3.63, 3.8) is 0 Å². The van der Waals surface area contributed by atoms with Crippen LogP contribution in [-0.4, -0.2) is 25.5 Å². The smallest absolute Gasteiger partial charge is 0.269 e. The second-order valence-electron chi connectivity index (χ2n) is 4.40. The molecule has 0 saturated heterocycles. The summed E-state index contributed by atoms with van der Waals surface area (Å²) < 4.78 is 10.6. The molecule has 21 heavy (non-hydrogen) atoms. The summed E-state index contributed by atoms with van der Waals surface area (Å²) in [5.41, 5.74) is 5.14. The number of unbranched alkanes of at least 4 members (excludes halogenated alkanes) is 1. The number of carbonyl (C=O) groups excluding carboxylic acids is 2. The summed E-state index contributed by atoms with van der Waals surface area (Å²) in [6.07, 6.45) is 2.11. The van der Waals surface area contributed by atoms with Crippen molar-refractivity contribution < 1.29 is 19.1 Å². The van der Waals surface area contributed by atoms with Gasteiger partial charge in [-0.05, 0) is 31.5 Å². The first-order chi connectivity index (χ1) is 10.1. The lowest BCUT2D eigenvalue weighted by Gasteiger charge is -2.11. The van der Waals surface area contributed by atoms with E-state index in [4.69, 9.17) is 9.47 Å². The normalized spacial score (nSPS) is 9.86. The molecule has 0 spiro atoms. The molecule has 1 aromatic carbocycles. The predicted octanol–water partition coefficient (Wildman–Crippen LogP) is 2.05. The average molecular weight is 294 g/mol. The van der Waals surface area contributed by atoms with Gasteiger partial charge in [-0.15, -0.1) is 0 Å². The van der Waals surface area contributed by atoms with E-state index >= 15 is 0 Å². The molecule has 0 bridgehead atoms. The summed E-state index contributed by atoms with van der Waals surface area (Å²) >= 11 is 0. The Labute approximate surface area is 124 Å². The van der Waals surface area contributed by atoms with Gasteiger partial charge in [0, 0.05) is 12.0 Å². The Hall–Kier alpha value is -2.24. The van der Waals surface area contributed by atoms with Gasteiger partial charge in [0.15, 0.2) is 11.5 Å². The number of rotatable bonds is 7. The van der Waals surface area contributed by atoms with Crippen molar-refractivity contribution in [1.29, 1.82) is 0 Å². The number of amides is 2. The largest absolute Gasteiger partial charge is 0.493 e. The van der Waals surface area contributed by atoms with Crippen LogP contribution in [0.1, 0.15) is 43.5 Å². The predicted molar refractivity (Wildman–Crippen MR) is 79.3 cm³/mol. The van der Waals surface area contributed by atoms with E-state index < -0.39 is 5.91 Å². The third kappa shape index (κ3) is 5.33. The summed E-state index contributed by atoms with van der Waals surface area (Å²) in [5, 5.41) is 0. The molecule has 116 valence electrons. The number of hydrogen-bond acceptors (Lipinski definition) is 4. The van der Waals surface area contributed by atoms with Crippen molar-refractivity contribution in [2.75, 3.05) is 13.7 Å². The van der Waals surface area contributed by atoms with Gasteiger partial charge >= 0.3 is 0 Å². The summed E-state index contributed by atoms with van der Waals surface area (Å²) in [6, 6.07) is 4.84. The molecule has 0 fully saturated rings. The number of benzene rings is 1. The Bertz CT molecular complexity index is 489. The molecule has 6 heteroatoms. The van der Waals surface area contributed by atoms with Crippen molar-refractivity contribution in [1.82, 2.24) is 10.9 Å². The minimum absolute atomic E-state index is 0.205. The average Bonchev–Trinajstić information content (AvgIpc) is 2.51. The van der Waals surface area contributed by atoms with Crippen LogP contribution in [0.3, 0.4) is 0 Å². The number of hydrogen-bond donors (Lipinski definition) is 2. The van der Waals surface area contributed by atoms with Crippen molar-refractivity contribution in [3.8, 4) is 11.5 Å². The molecular formula is C15H22N2O4. The minimum atomic E-state index is -0.402. The van der Waals surface area contributed by atoms with Crippen LogP contribution in [0, 0.1) is 0 Å². The standard InChI is InChI=1S/C15H22N2O4/c1-4-6-7-14(18)16-17-15(19)11-8-9-12(21-5-2)13(10-11)20-3/h8-10H,4-7H2,1-3H3,(H,16,18)(H,17,19). The monoisotopic (exact) mass is 294 g/mol. The maximum Gasteiger partial charge on any atom is 0.269 e. The van der Waals surface area contributed by atoms with Gasteiger partial charge in [-0.3, -0.25) is 20.4 Å². The topological polar surface area (TPSA) is 76.7 Å². The van der Waals surface area contributed by atoms with Gasteiger partial charge < -0.3 is 9.47 Å². The highest BCUT2D eigenvalue weighted by Crippen LogP contribution is 2.27. The third-order valence-corrected chi connectivity index (χ3v) is 2.80. The zero-order chi connectivity index (χ0) is 15.7. The van der Waals surface area contributed by atoms with E-state index in [0.717, 1.165) is 12.8 Å². The van der Waals surface area contributed by atoms with Gasteiger partial charge in [-0.2, -0.15) is 0 Å². The lowest BCUT2D eigenvalue weighted by Crippen LogP contribution is -2.41. The fourth-order valence-corrected chi connectivity index (χ4v) is 1.68. The van der Waals surface area contributed by atoms with E-state index in [0.29, 0.717) is 30.1 Å². The molecule has 0 aliphatic rings. The van der Waals surface area contributed by atoms with Crippen LogP contribution < -0.4 is 20.3 Å². The first kappa shape index (κ1) is 16.8. The van der Waals surface area contributed by atoms with E-state index in [1.54, 1.807) is 18.2 Å². The summed E-state index contributed by atoms with van der Waals surface area (Å²) in [4.78, 5) is 23.4. The maximum atomic E-state index is 11.9. The zero-order valence-corrected chi connectivity index (χ0v) is 12.7. The fourth-order valence-electron chi connectivity index (χ4n) is 1.68. The molecule has 0 aliphatic heterocycles. The molecule has 0 unspecified atom stereocenters. The van der Waals surface area contributed by atoms with Gasteiger partial charge in [0.05, 0.1) is 13.7 Å². The second-order valence-corrected chi connectivity index (χ2v) is 4.40. The maximum absolute atomic E-state index is 11.9. The second kappa shape index (κ2) is 8.84. The van der Waals surface area contributed by atoms with Crippen LogP contribution >= 0.6 is 0 Å². The Kier molecular flexibility index (Phi) is 7.08. The highest BCUT2D eigenvalue weighted by atomic mass is 16.5. The SMILES string of the molecule is CCCCC(=O)NNC(=O)c1ccc(OCC)c(OC)c1. The Morgan fingerprint density at radius 1 is 1.14 bits per heavy atom. The number of hydrazine groups is 1. The van der Waals surface area contributed by atoms with Gasteiger partial charge in [0.2, 0.25) is 5.91 Å². The van der Waals surface area contributed by atoms with Gasteiger partial charge in [0.25, 0.3) is 5.91 Å². The number of ether oxygens (including phenoxy) is 2. The third-order valence-electron chi connectivity index (χ3n) is 2.80. The highest BCUT2D eigenvalue weighted by Gasteiger charge is 2.11. The quantitative estimate of drug-likeness (QED) is 0.755. The molecular weight excluding hydrogens is 272 g/mol. The molecule has 2 amide bonds. The van der Waals surface area contributed by atoms with Crippen LogP contribution in [0.4, 0.5) is 0 Å². The Morgan fingerprint density at radius 2 is 1.90 bits per heavy atom. The Balaban J connectivity index is 2.63. The van der Waals surface area contributed by atoms with E-state index in [1.807, 2.05) is 13.8 Å². The molecule has 0 atom stereocenters. The number of nitrogens with one attached hydrogen (secondary N) is 2.